The third-order valence-electron chi connectivity index (χ3n) is 7.58. The molecule has 2 nitrogen and oxygen atoms in total. The third kappa shape index (κ3) is 7.54. The Kier molecular flexibility index (Phi) is 10.6. The maximum atomic E-state index is 5.11. The van der Waals surface area contributed by atoms with Gasteiger partial charge in [-0.2, -0.15) is 0 Å². The molecule has 0 N–H and O–H groups in total. The first-order valence-electron chi connectivity index (χ1n) is 15.0. The van der Waals surface area contributed by atoms with Crippen LogP contribution in [0.4, 0.5) is 11.4 Å². The molecule has 0 saturated heterocycles. The molecule has 4 aromatic rings. The molecule has 2 radical (unpaired) electrons. The average Bonchev–Trinajstić information content (AvgIpc) is 2.95. The molecule has 0 aliphatic heterocycles. The zero-order chi connectivity index (χ0) is 29.5. The molecule has 0 spiro atoms. The van der Waals surface area contributed by atoms with Gasteiger partial charge in [-0.3, -0.25) is 0 Å². The molecule has 0 heterocycles. The quantitative estimate of drug-likeness (QED) is 0.128. The van der Waals surface area contributed by atoms with Crippen molar-refractivity contribution in [3.05, 3.63) is 118 Å². The summed E-state index contributed by atoms with van der Waals surface area (Å²) >= 11 is -0.662. The average molecular weight is 601 g/mol. The molecule has 0 aliphatic rings. The van der Waals surface area contributed by atoms with Crippen molar-refractivity contribution in [2.75, 3.05) is 0 Å². The second-order valence-corrected chi connectivity index (χ2v) is 14.8. The van der Waals surface area contributed by atoms with Gasteiger partial charge in [0.25, 0.3) is 0 Å². The summed E-state index contributed by atoms with van der Waals surface area (Å²) in [6.45, 7) is 18.1. The van der Waals surface area contributed by atoms with E-state index in [1.165, 1.54) is 42.2 Å². The molecule has 4 rings (SSSR count). The second-order valence-electron chi connectivity index (χ2n) is 12.0. The van der Waals surface area contributed by atoms with Crippen LogP contribution >= 0.6 is 0 Å². The van der Waals surface area contributed by atoms with Crippen LogP contribution in [-0.2, 0) is 0 Å². The van der Waals surface area contributed by atoms with Gasteiger partial charge in [-0.25, -0.2) is 0 Å². The van der Waals surface area contributed by atoms with Gasteiger partial charge < -0.3 is 0 Å². The molecule has 0 bridgehead atoms. The topological polar surface area (TPSA) is 24.7 Å². The van der Waals surface area contributed by atoms with E-state index in [4.69, 9.17) is 9.98 Å². The van der Waals surface area contributed by atoms with Crippen LogP contribution in [0.2, 0.25) is 0 Å². The van der Waals surface area contributed by atoms with Gasteiger partial charge in [0.1, 0.15) is 0 Å². The van der Waals surface area contributed by atoms with Crippen LogP contribution in [0.5, 0.6) is 0 Å². The van der Waals surface area contributed by atoms with E-state index in [1.54, 1.807) is 0 Å². The molecule has 0 aromatic heterocycles. The fourth-order valence-electron chi connectivity index (χ4n) is 5.31. The maximum absolute atomic E-state index is 5.11. The number of aliphatic imine (C=N–C) groups is 2. The minimum absolute atomic E-state index is 0.445. The zero-order valence-corrected chi connectivity index (χ0v) is 28.0. The summed E-state index contributed by atoms with van der Waals surface area (Å²) in [6.07, 6.45) is 4.21. The summed E-state index contributed by atoms with van der Waals surface area (Å²) in [5, 5.41) is 0. The van der Waals surface area contributed by atoms with E-state index >= 15 is 0 Å². The summed E-state index contributed by atoms with van der Waals surface area (Å²) in [4.78, 5) is 10.2. The first-order valence-corrected chi connectivity index (χ1v) is 17.1. The molecular formula is C38H44GeN2. The van der Waals surface area contributed by atoms with Crippen molar-refractivity contribution in [3.63, 3.8) is 0 Å². The van der Waals surface area contributed by atoms with Crippen molar-refractivity contribution < 1.29 is 0 Å². The summed E-state index contributed by atoms with van der Waals surface area (Å²) < 4.78 is 2.65. The van der Waals surface area contributed by atoms with Crippen LogP contribution in [0.1, 0.15) is 112 Å². The van der Waals surface area contributed by atoms with E-state index in [0.29, 0.717) is 23.7 Å². The molecule has 0 unspecified atom stereocenters. The van der Waals surface area contributed by atoms with Gasteiger partial charge in [0.05, 0.1) is 0 Å². The molecule has 0 amide bonds. The fraction of sp³-hybridized carbons (Fsp3) is 0.316. The van der Waals surface area contributed by atoms with Crippen LogP contribution in [0.3, 0.4) is 0 Å². The molecule has 0 saturated carbocycles. The first-order chi connectivity index (χ1) is 19.7. The number of benzene rings is 4. The summed E-state index contributed by atoms with van der Waals surface area (Å²) in [5.41, 5.74) is 10.1. The predicted molar refractivity (Wildman–Crippen MR) is 182 cm³/mol. The van der Waals surface area contributed by atoms with E-state index in [0.717, 1.165) is 11.4 Å². The van der Waals surface area contributed by atoms with Gasteiger partial charge in [-0.05, 0) is 0 Å². The molecule has 0 atom stereocenters. The Morgan fingerprint density at radius 2 is 0.756 bits per heavy atom. The Labute approximate surface area is 254 Å². The van der Waals surface area contributed by atoms with E-state index in [2.05, 4.69) is 153 Å². The minimum atomic E-state index is -0.662. The van der Waals surface area contributed by atoms with E-state index < -0.39 is 15.4 Å². The van der Waals surface area contributed by atoms with E-state index in [1.807, 2.05) is 0 Å². The Morgan fingerprint density at radius 1 is 0.439 bits per heavy atom. The Hall–Kier alpha value is -3.24. The van der Waals surface area contributed by atoms with Crippen molar-refractivity contribution in [2.45, 2.75) is 79.1 Å². The monoisotopic (exact) mass is 602 g/mol. The van der Waals surface area contributed by atoms with Gasteiger partial charge >= 0.3 is 255 Å². The van der Waals surface area contributed by atoms with Crippen LogP contribution in [-0.4, -0.2) is 27.9 Å². The molecule has 4 aromatic carbocycles. The van der Waals surface area contributed by atoms with Crippen molar-refractivity contribution in [1.29, 1.82) is 0 Å². The molecule has 0 aliphatic carbocycles. The van der Waals surface area contributed by atoms with Crippen LogP contribution in [0.25, 0.3) is 0 Å². The van der Waals surface area contributed by atoms with Crippen molar-refractivity contribution in [3.8, 4) is 0 Å². The normalized spacial score (nSPS) is 12.2. The molecule has 210 valence electrons. The standard InChI is InChI=1S/C38H44GeN2/c1-25(2)29-15-13-16-30(26(3)4)33(29)23-40-37-21-11-9-19-35(37)39-36-20-10-12-22-38(36)41-24-34-31(27(5)6)17-14-18-32(34)28(7)8/h9-28H,1-8H3. The molecule has 3 heteroatoms. The number of nitrogens with zero attached hydrogens (tertiary/aromatic N) is 2. The van der Waals surface area contributed by atoms with E-state index in [-0.39, 0.29) is 0 Å². The number of rotatable bonds is 10. The van der Waals surface area contributed by atoms with Crippen LogP contribution in [0.15, 0.2) is 94.9 Å². The van der Waals surface area contributed by atoms with Crippen molar-refractivity contribution in [2.24, 2.45) is 9.98 Å². The third-order valence-corrected chi connectivity index (χ3v) is 10.5. The molecule has 0 fully saturated rings. The van der Waals surface area contributed by atoms with Gasteiger partial charge in [0.2, 0.25) is 0 Å². The van der Waals surface area contributed by atoms with Crippen molar-refractivity contribution in [1.82, 2.24) is 0 Å². The number of hydrogen-bond donors (Lipinski definition) is 0. The fourth-order valence-corrected chi connectivity index (χ4v) is 7.83. The van der Waals surface area contributed by atoms with E-state index in [9.17, 15) is 0 Å². The number of para-hydroxylation sites is 2. The molecular weight excluding hydrogens is 557 g/mol. The Bertz CT molecular complexity index is 1360. The van der Waals surface area contributed by atoms with Gasteiger partial charge in [-0.1, -0.05) is 0 Å². The summed E-state index contributed by atoms with van der Waals surface area (Å²) in [7, 11) is 0. The zero-order valence-electron chi connectivity index (χ0n) is 25.9. The van der Waals surface area contributed by atoms with Crippen molar-refractivity contribution >= 4 is 48.0 Å². The first kappa shape index (κ1) is 30.7. The van der Waals surface area contributed by atoms with Gasteiger partial charge in [-0.15, -0.1) is 0 Å². The predicted octanol–water partition coefficient (Wildman–Crippen LogP) is 9.34. The van der Waals surface area contributed by atoms with Crippen LogP contribution < -0.4 is 8.79 Å². The van der Waals surface area contributed by atoms with Gasteiger partial charge in [0, 0.05) is 0 Å². The SMILES string of the molecule is CC(C)c1cccc(C(C)C)c1C=Nc1cccc[c]1[Ge][c]1ccccc1N=Cc1c(C(C)C)cccc1C(C)C. The Balaban J connectivity index is 1.70. The van der Waals surface area contributed by atoms with Gasteiger partial charge in [0.15, 0.2) is 0 Å². The summed E-state index contributed by atoms with van der Waals surface area (Å²) in [6, 6.07) is 30.6. The molecule has 41 heavy (non-hydrogen) atoms. The van der Waals surface area contributed by atoms with Crippen LogP contribution in [0, 0.1) is 0 Å². The number of hydrogen-bond acceptors (Lipinski definition) is 2. The second kappa shape index (κ2) is 14.1. The Morgan fingerprint density at radius 3 is 1.07 bits per heavy atom. The summed E-state index contributed by atoms with van der Waals surface area (Å²) in [5.74, 6) is 1.78.